The Labute approximate surface area is 282 Å². The largest absolute Gasteiger partial charge is 2.00 e. The summed E-state index contributed by atoms with van der Waals surface area (Å²) in [5.74, 6) is -0.723. The maximum atomic E-state index is 14.3. The molecular weight excluding hydrogens is 752 g/mol. The van der Waals surface area contributed by atoms with E-state index in [-0.39, 0.29) is 39.4 Å². The second-order valence-electron chi connectivity index (χ2n) is 10.7. The molecule has 0 saturated heterocycles. The zero-order chi connectivity index (χ0) is 30.6. The summed E-state index contributed by atoms with van der Waals surface area (Å²) in [4.78, 5) is 8.85. The van der Waals surface area contributed by atoms with Crippen LogP contribution in [0.2, 0.25) is 0 Å². The standard InChI is InChI=1S/C40H25BF2N2.Pt/c42-34-20-22-44-38(26-34)30-14-7-16-32(24-30)41(33-17-8-15-31(25-33)39-27-35(43)21-23-45-39)40-36(28-10-3-1-4-11-28)18-9-19-37(40)29-12-5-2-6-13-29;/h1-23,26-27H;/q-2;+2. The summed E-state index contributed by atoms with van der Waals surface area (Å²) in [5, 5.41) is 0. The van der Waals surface area contributed by atoms with Gasteiger partial charge >= 0.3 is 21.1 Å². The molecule has 6 heteroatoms. The predicted octanol–water partition coefficient (Wildman–Crippen LogP) is 7.54. The number of hydrogen-bond acceptors (Lipinski definition) is 2. The third-order valence-corrected chi connectivity index (χ3v) is 7.82. The van der Waals surface area contributed by atoms with E-state index in [2.05, 4.69) is 64.6 Å². The maximum Gasteiger partial charge on any atom is 2.00 e. The molecule has 2 aromatic heterocycles. The van der Waals surface area contributed by atoms with Gasteiger partial charge < -0.3 is 9.97 Å². The zero-order valence-electron chi connectivity index (χ0n) is 24.5. The Morgan fingerprint density at radius 3 is 1.35 bits per heavy atom. The predicted molar refractivity (Wildman–Crippen MR) is 179 cm³/mol. The van der Waals surface area contributed by atoms with Crippen molar-refractivity contribution in [3.05, 3.63) is 176 Å². The number of halogens is 2. The molecular formula is C40H25BF2N2Pt. The van der Waals surface area contributed by atoms with Crippen LogP contribution in [0.25, 0.3) is 44.8 Å². The minimum atomic E-state index is -0.362. The molecule has 222 valence electrons. The van der Waals surface area contributed by atoms with Crippen molar-refractivity contribution >= 4 is 23.1 Å². The van der Waals surface area contributed by atoms with E-state index < -0.39 is 0 Å². The van der Waals surface area contributed by atoms with Crippen LogP contribution in [0.1, 0.15) is 0 Å². The summed E-state index contributed by atoms with van der Waals surface area (Å²) in [6.07, 6.45) is 2.92. The van der Waals surface area contributed by atoms with E-state index in [9.17, 15) is 8.78 Å². The maximum absolute atomic E-state index is 14.3. The summed E-state index contributed by atoms with van der Waals surface area (Å²) in [6.45, 7) is -0.362. The first kappa shape index (κ1) is 31.0. The first-order valence-electron chi connectivity index (χ1n) is 14.7. The molecule has 7 aromatic rings. The van der Waals surface area contributed by atoms with Crippen molar-refractivity contribution in [3.63, 3.8) is 0 Å². The average Bonchev–Trinajstić information content (AvgIpc) is 3.09. The number of nitrogens with zero attached hydrogens (tertiary/aromatic N) is 2. The fourth-order valence-corrected chi connectivity index (χ4v) is 5.81. The van der Waals surface area contributed by atoms with Crippen LogP contribution in [-0.4, -0.2) is 16.7 Å². The van der Waals surface area contributed by atoms with E-state index >= 15 is 0 Å². The van der Waals surface area contributed by atoms with Crippen LogP contribution >= 0.6 is 0 Å². The van der Waals surface area contributed by atoms with Crippen LogP contribution in [0.5, 0.6) is 0 Å². The molecule has 0 spiro atoms. The summed E-state index contributed by atoms with van der Waals surface area (Å²) in [7, 11) is 0. The topological polar surface area (TPSA) is 25.8 Å². The van der Waals surface area contributed by atoms with Crippen LogP contribution in [0.15, 0.2) is 152 Å². The smallest absolute Gasteiger partial charge is 0.305 e. The summed E-state index contributed by atoms with van der Waals surface area (Å²) in [6, 6.07) is 51.4. The van der Waals surface area contributed by atoms with Crippen LogP contribution in [0.4, 0.5) is 8.78 Å². The van der Waals surface area contributed by atoms with E-state index in [0.717, 1.165) is 38.6 Å². The van der Waals surface area contributed by atoms with Gasteiger partial charge in [-0.1, -0.05) is 84.3 Å². The van der Waals surface area contributed by atoms with E-state index in [4.69, 9.17) is 0 Å². The van der Waals surface area contributed by atoms with Gasteiger partial charge in [0.25, 0.3) is 0 Å². The van der Waals surface area contributed by atoms with Crippen LogP contribution in [0.3, 0.4) is 0 Å². The second kappa shape index (κ2) is 14.0. The van der Waals surface area contributed by atoms with Gasteiger partial charge in [-0.15, -0.1) is 59.7 Å². The molecule has 0 amide bonds. The molecule has 0 unspecified atom stereocenters. The fourth-order valence-electron chi connectivity index (χ4n) is 5.81. The van der Waals surface area contributed by atoms with Crippen molar-refractivity contribution < 1.29 is 29.8 Å². The summed E-state index contributed by atoms with van der Waals surface area (Å²) in [5.41, 5.74) is 9.41. The monoisotopic (exact) mass is 777 g/mol. The van der Waals surface area contributed by atoms with E-state index in [0.29, 0.717) is 22.5 Å². The molecule has 5 aromatic carbocycles. The second-order valence-corrected chi connectivity index (χ2v) is 10.7. The van der Waals surface area contributed by atoms with Gasteiger partial charge in [0.1, 0.15) is 11.6 Å². The minimum Gasteiger partial charge on any atom is -0.305 e. The Balaban J connectivity index is 0.00000372. The number of aromatic nitrogens is 2. The third kappa shape index (κ3) is 6.52. The van der Waals surface area contributed by atoms with E-state index in [1.165, 1.54) is 36.7 Å². The van der Waals surface area contributed by atoms with Crippen LogP contribution in [0, 0.1) is 23.8 Å². The van der Waals surface area contributed by atoms with Gasteiger partial charge in [-0.2, -0.15) is 10.9 Å². The van der Waals surface area contributed by atoms with Crippen LogP contribution in [-0.2, 0) is 21.1 Å². The van der Waals surface area contributed by atoms with E-state index in [1.54, 1.807) is 0 Å². The summed E-state index contributed by atoms with van der Waals surface area (Å²) < 4.78 is 28.5. The normalized spacial score (nSPS) is 10.7. The molecule has 0 aliphatic carbocycles. The van der Waals surface area contributed by atoms with Crippen molar-refractivity contribution in [2.45, 2.75) is 0 Å². The number of rotatable bonds is 7. The quantitative estimate of drug-likeness (QED) is 0.124. The molecule has 7 rings (SSSR count). The van der Waals surface area contributed by atoms with Crippen molar-refractivity contribution in [1.29, 1.82) is 0 Å². The molecule has 0 saturated carbocycles. The number of benzene rings is 5. The molecule has 2 heterocycles. The molecule has 0 aliphatic rings. The Hall–Kier alpha value is -4.99. The van der Waals surface area contributed by atoms with Gasteiger partial charge in [0, 0.05) is 12.4 Å². The molecule has 2 nitrogen and oxygen atoms in total. The van der Waals surface area contributed by atoms with Gasteiger partial charge in [-0.05, 0) is 57.9 Å². The van der Waals surface area contributed by atoms with Gasteiger partial charge in [-0.3, -0.25) is 0 Å². The number of pyridine rings is 2. The van der Waals surface area contributed by atoms with E-state index in [1.807, 2.05) is 72.8 Å². The Bertz CT molecular complexity index is 1960. The zero-order valence-corrected chi connectivity index (χ0v) is 26.7. The molecule has 0 N–H and O–H groups in total. The third-order valence-electron chi connectivity index (χ3n) is 7.82. The minimum absolute atomic E-state index is 0. The fraction of sp³-hybridized carbons (Fsp3) is 0. The molecule has 0 aliphatic heterocycles. The Morgan fingerprint density at radius 1 is 0.478 bits per heavy atom. The SMILES string of the molecule is Fc1ccnc(-c2[c-]c(B(c3[c-]c(-c4cc(F)ccn4)ccc3)c3c(-c4ccccc4)cccc3-c3ccccc3)ccc2)c1.[Pt+2]. The van der Waals surface area contributed by atoms with Crippen molar-refractivity contribution in [2.75, 3.05) is 0 Å². The molecule has 0 radical (unpaired) electrons. The van der Waals surface area contributed by atoms with Gasteiger partial charge in [0.2, 0.25) is 6.71 Å². The van der Waals surface area contributed by atoms with Crippen LogP contribution < -0.4 is 16.4 Å². The van der Waals surface area contributed by atoms with Crippen molar-refractivity contribution in [1.82, 2.24) is 9.97 Å². The Kier molecular flexibility index (Phi) is 9.42. The van der Waals surface area contributed by atoms with Gasteiger partial charge in [-0.25, -0.2) is 8.78 Å². The molecule has 0 fully saturated rings. The first-order chi connectivity index (χ1) is 22.1. The first-order valence-corrected chi connectivity index (χ1v) is 14.7. The Morgan fingerprint density at radius 2 is 0.913 bits per heavy atom. The number of hydrogen-bond donors (Lipinski definition) is 0. The van der Waals surface area contributed by atoms with Gasteiger partial charge in [0.15, 0.2) is 0 Å². The van der Waals surface area contributed by atoms with Crippen molar-refractivity contribution in [3.8, 4) is 44.8 Å². The van der Waals surface area contributed by atoms with Gasteiger partial charge in [0.05, 0.1) is 0 Å². The van der Waals surface area contributed by atoms with Crippen molar-refractivity contribution in [2.24, 2.45) is 0 Å². The average molecular weight is 778 g/mol. The molecule has 46 heavy (non-hydrogen) atoms. The summed E-state index contributed by atoms with van der Waals surface area (Å²) >= 11 is 0. The molecule has 0 bridgehead atoms. The molecule has 0 atom stereocenters.